The number of guanidine groups is 1. The molecule has 0 radical (unpaired) electrons. The minimum Gasteiger partial charge on any atom is -0.359 e. The number of amides is 1. The lowest BCUT2D eigenvalue weighted by Crippen LogP contribution is -2.48. The number of nitrogens with one attached hydrogen (secondary N) is 3. The molecule has 1 atom stereocenters. The van der Waals surface area contributed by atoms with Gasteiger partial charge in [-0.25, -0.2) is 0 Å². The zero-order valence-electron chi connectivity index (χ0n) is 16.5. The Labute approximate surface area is 157 Å². The van der Waals surface area contributed by atoms with E-state index in [2.05, 4.69) is 56.2 Å². The molecule has 6 heteroatoms. The number of carbonyl (C=O) groups is 1. The monoisotopic (exact) mass is 359 g/mol. The summed E-state index contributed by atoms with van der Waals surface area (Å²) >= 11 is 0. The Kier molecular flexibility index (Phi) is 7.45. The molecule has 0 spiro atoms. The van der Waals surface area contributed by atoms with Gasteiger partial charge in [0, 0.05) is 27.2 Å². The van der Waals surface area contributed by atoms with E-state index in [4.69, 9.17) is 0 Å². The maximum atomic E-state index is 11.9. The first-order valence-corrected chi connectivity index (χ1v) is 9.43. The maximum Gasteiger partial charge on any atom is 0.227 e. The molecular formula is C20H33N5O. The van der Waals surface area contributed by atoms with Crippen molar-refractivity contribution in [3.8, 4) is 0 Å². The fraction of sp³-hybridized carbons (Fsp3) is 0.600. The van der Waals surface area contributed by atoms with Gasteiger partial charge in [0.25, 0.3) is 0 Å². The van der Waals surface area contributed by atoms with Gasteiger partial charge in [0.05, 0.1) is 11.5 Å². The molecule has 6 nitrogen and oxygen atoms in total. The third-order valence-corrected chi connectivity index (χ3v) is 4.99. The Morgan fingerprint density at radius 2 is 1.85 bits per heavy atom. The van der Waals surface area contributed by atoms with E-state index >= 15 is 0 Å². The van der Waals surface area contributed by atoms with Crippen molar-refractivity contribution in [1.29, 1.82) is 0 Å². The van der Waals surface area contributed by atoms with Gasteiger partial charge in [-0.3, -0.25) is 14.7 Å². The molecule has 1 heterocycles. The van der Waals surface area contributed by atoms with Crippen molar-refractivity contribution in [2.75, 3.05) is 40.3 Å². The van der Waals surface area contributed by atoms with Crippen LogP contribution in [0.15, 0.2) is 35.3 Å². The summed E-state index contributed by atoms with van der Waals surface area (Å²) in [6.45, 7) is 7.41. The van der Waals surface area contributed by atoms with Crippen molar-refractivity contribution < 1.29 is 4.79 Å². The molecule has 26 heavy (non-hydrogen) atoms. The van der Waals surface area contributed by atoms with Gasteiger partial charge in [-0.15, -0.1) is 0 Å². The molecule has 1 unspecified atom stereocenters. The summed E-state index contributed by atoms with van der Waals surface area (Å²) in [6, 6.07) is 10.9. The Balaban J connectivity index is 1.96. The lowest BCUT2D eigenvalue weighted by atomic mass is 9.92. The van der Waals surface area contributed by atoms with Crippen molar-refractivity contribution >= 4 is 11.9 Å². The summed E-state index contributed by atoms with van der Waals surface area (Å²) in [5, 5.41) is 9.43. The van der Waals surface area contributed by atoms with Gasteiger partial charge in [-0.2, -0.15) is 0 Å². The predicted molar refractivity (Wildman–Crippen MR) is 107 cm³/mol. The van der Waals surface area contributed by atoms with Crippen molar-refractivity contribution in [2.24, 2.45) is 10.4 Å². The van der Waals surface area contributed by atoms with E-state index in [1.165, 1.54) is 18.4 Å². The average Bonchev–Trinajstić information content (AvgIpc) is 3.19. The van der Waals surface area contributed by atoms with Crippen LogP contribution in [-0.4, -0.2) is 57.0 Å². The molecule has 0 saturated carbocycles. The normalized spacial score (nSPS) is 17.0. The molecule has 1 aliphatic heterocycles. The topological polar surface area (TPSA) is 68.8 Å². The van der Waals surface area contributed by atoms with Gasteiger partial charge in [0.15, 0.2) is 5.96 Å². The molecule has 144 valence electrons. The van der Waals surface area contributed by atoms with Crippen molar-refractivity contribution in [3.05, 3.63) is 35.9 Å². The third kappa shape index (κ3) is 5.46. The van der Waals surface area contributed by atoms with E-state index in [0.717, 1.165) is 25.6 Å². The Bertz CT molecular complexity index is 593. The molecule has 1 aliphatic rings. The lowest BCUT2D eigenvalue weighted by Gasteiger charge is -2.29. The van der Waals surface area contributed by atoms with E-state index in [9.17, 15) is 4.79 Å². The van der Waals surface area contributed by atoms with Crippen molar-refractivity contribution in [3.63, 3.8) is 0 Å². The first kappa shape index (κ1) is 20.2. The number of carbonyl (C=O) groups excluding carboxylic acids is 1. The highest BCUT2D eigenvalue weighted by atomic mass is 16.2. The molecule has 1 fully saturated rings. The second-order valence-corrected chi connectivity index (χ2v) is 7.44. The summed E-state index contributed by atoms with van der Waals surface area (Å²) < 4.78 is 0. The highest BCUT2D eigenvalue weighted by Crippen LogP contribution is 2.24. The first-order valence-electron chi connectivity index (χ1n) is 9.43. The van der Waals surface area contributed by atoms with E-state index in [1.54, 1.807) is 14.1 Å². The number of hydrogen-bond donors (Lipinski definition) is 3. The second-order valence-electron chi connectivity index (χ2n) is 7.44. The number of likely N-dealkylation sites (tertiary alicyclic amines) is 1. The molecule has 0 bridgehead atoms. The fourth-order valence-corrected chi connectivity index (χ4v) is 3.32. The molecule has 1 aromatic carbocycles. The number of hydrogen-bond acceptors (Lipinski definition) is 3. The summed E-state index contributed by atoms with van der Waals surface area (Å²) in [7, 11) is 3.42. The second kappa shape index (κ2) is 9.57. The van der Waals surface area contributed by atoms with E-state index in [1.807, 2.05) is 13.8 Å². The van der Waals surface area contributed by atoms with Gasteiger partial charge >= 0.3 is 0 Å². The smallest absolute Gasteiger partial charge is 0.227 e. The molecule has 2 rings (SSSR count). The molecule has 3 N–H and O–H groups in total. The van der Waals surface area contributed by atoms with Gasteiger partial charge in [0.2, 0.25) is 5.91 Å². The number of rotatable bonds is 7. The molecule has 1 aromatic rings. The quantitative estimate of drug-likeness (QED) is 0.513. The molecule has 0 aliphatic carbocycles. The lowest BCUT2D eigenvalue weighted by molar-refractivity contribution is -0.128. The highest BCUT2D eigenvalue weighted by molar-refractivity contribution is 5.84. The van der Waals surface area contributed by atoms with Crippen LogP contribution < -0.4 is 16.0 Å². The molecule has 0 aromatic heterocycles. The van der Waals surface area contributed by atoms with E-state index < -0.39 is 5.41 Å². The van der Waals surface area contributed by atoms with Crippen LogP contribution in [0.4, 0.5) is 0 Å². The summed E-state index contributed by atoms with van der Waals surface area (Å²) in [5.74, 6) is 0.738. The SMILES string of the molecule is CN=C(NCC(c1ccccc1)N1CCCC1)NCC(C)(C)C(=O)NC. The highest BCUT2D eigenvalue weighted by Gasteiger charge is 2.27. The van der Waals surface area contributed by atoms with Crippen molar-refractivity contribution in [1.82, 2.24) is 20.9 Å². The van der Waals surface area contributed by atoms with Crippen LogP contribution in [0.5, 0.6) is 0 Å². The molecular weight excluding hydrogens is 326 g/mol. The number of aliphatic imine (C=N–C) groups is 1. The Hall–Kier alpha value is -2.08. The Morgan fingerprint density at radius 3 is 2.42 bits per heavy atom. The molecule has 1 saturated heterocycles. The predicted octanol–water partition coefficient (Wildman–Crippen LogP) is 1.76. The summed E-state index contributed by atoms with van der Waals surface area (Å²) in [5.41, 5.74) is 0.822. The zero-order valence-corrected chi connectivity index (χ0v) is 16.5. The van der Waals surface area contributed by atoms with Crippen LogP contribution in [0.3, 0.4) is 0 Å². The van der Waals surface area contributed by atoms with Crippen LogP contribution in [0.2, 0.25) is 0 Å². The van der Waals surface area contributed by atoms with Gasteiger partial charge < -0.3 is 16.0 Å². The van der Waals surface area contributed by atoms with E-state index in [-0.39, 0.29) is 5.91 Å². The molecule has 1 amide bonds. The number of benzene rings is 1. The van der Waals surface area contributed by atoms with Crippen LogP contribution in [-0.2, 0) is 4.79 Å². The summed E-state index contributed by atoms with van der Waals surface area (Å²) in [6.07, 6.45) is 2.52. The minimum atomic E-state index is -0.500. The van der Waals surface area contributed by atoms with Crippen LogP contribution in [0, 0.1) is 5.41 Å². The standard InChI is InChI=1S/C20H33N5O/c1-20(2,18(26)21-3)15-24-19(22-4)23-14-17(25-12-8-9-13-25)16-10-6-5-7-11-16/h5-7,10-11,17H,8-9,12-15H2,1-4H3,(H,21,26)(H2,22,23,24). The average molecular weight is 360 g/mol. The van der Waals surface area contributed by atoms with Gasteiger partial charge in [-0.05, 0) is 45.3 Å². The summed E-state index contributed by atoms with van der Waals surface area (Å²) in [4.78, 5) is 18.8. The third-order valence-electron chi connectivity index (χ3n) is 4.99. The van der Waals surface area contributed by atoms with Crippen LogP contribution in [0.25, 0.3) is 0 Å². The van der Waals surface area contributed by atoms with Crippen LogP contribution >= 0.6 is 0 Å². The fourth-order valence-electron chi connectivity index (χ4n) is 3.32. The maximum absolute atomic E-state index is 11.9. The van der Waals surface area contributed by atoms with Crippen molar-refractivity contribution in [2.45, 2.75) is 32.7 Å². The first-order chi connectivity index (χ1) is 12.5. The van der Waals surface area contributed by atoms with Gasteiger partial charge in [0.1, 0.15) is 0 Å². The largest absolute Gasteiger partial charge is 0.359 e. The number of nitrogens with zero attached hydrogens (tertiary/aromatic N) is 2. The Morgan fingerprint density at radius 1 is 1.19 bits per heavy atom. The zero-order chi connectivity index (χ0) is 19.0. The van der Waals surface area contributed by atoms with Crippen LogP contribution in [0.1, 0.15) is 38.3 Å². The minimum absolute atomic E-state index is 0.0136. The van der Waals surface area contributed by atoms with E-state index in [0.29, 0.717) is 12.6 Å². The van der Waals surface area contributed by atoms with Gasteiger partial charge in [-0.1, -0.05) is 30.3 Å².